The maximum Gasteiger partial charge on any atom is 0.134 e. The molecule has 0 aliphatic carbocycles. The van der Waals surface area contributed by atoms with E-state index in [0.29, 0.717) is 6.61 Å². The fourth-order valence-corrected chi connectivity index (χ4v) is 2.67. The molecule has 19 heavy (non-hydrogen) atoms. The fourth-order valence-electron chi connectivity index (χ4n) is 1.89. The number of ether oxygens (including phenoxy) is 1. The van der Waals surface area contributed by atoms with Crippen molar-refractivity contribution in [3.8, 4) is 5.75 Å². The molecule has 1 aromatic carbocycles. The van der Waals surface area contributed by atoms with Gasteiger partial charge in [-0.1, -0.05) is 18.2 Å². The topological polar surface area (TPSA) is 34.1 Å². The number of pyridine rings is 1. The van der Waals surface area contributed by atoms with Crippen LogP contribution in [0.3, 0.4) is 0 Å². The number of rotatable bonds is 5. The first-order valence-electron chi connectivity index (χ1n) is 6.17. The predicted molar refractivity (Wildman–Crippen MR) is 80.0 cm³/mol. The van der Waals surface area contributed by atoms with Gasteiger partial charge < -0.3 is 10.1 Å². The third-order valence-corrected chi connectivity index (χ3v) is 3.67. The molecule has 2 aromatic heterocycles. The van der Waals surface area contributed by atoms with E-state index in [9.17, 15) is 0 Å². The molecular formula is C15H14N2OS. The van der Waals surface area contributed by atoms with Gasteiger partial charge in [0, 0.05) is 16.3 Å². The maximum absolute atomic E-state index is 5.63. The largest absolute Gasteiger partial charge is 0.492 e. The van der Waals surface area contributed by atoms with E-state index in [0.717, 1.165) is 18.1 Å². The third kappa shape index (κ3) is 2.85. The molecule has 0 saturated carbocycles. The highest BCUT2D eigenvalue weighted by Gasteiger charge is 2.02. The van der Waals surface area contributed by atoms with Crippen LogP contribution < -0.4 is 10.1 Å². The molecule has 0 saturated heterocycles. The zero-order chi connectivity index (χ0) is 12.9. The van der Waals surface area contributed by atoms with Crippen molar-refractivity contribution in [2.24, 2.45) is 0 Å². The highest BCUT2D eigenvalue weighted by molar-refractivity contribution is 7.17. The van der Waals surface area contributed by atoms with Crippen molar-refractivity contribution in [1.82, 2.24) is 4.98 Å². The molecule has 0 fully saturated rings. The SMILES string of the molecule is c1ccc(OCCNc2nccc3sccc23)cc1. The van der Waals surface area contributed by atoms with Gasteiger partial charge in [-0.3, -0.25) is 0 Å². The third-order valence-electron chi connectivity index (χ3n) is 2.79. The normalized spacial score (nSPS) is 10.5. The highest BCUT2D eigenvalue weighted by Crippen LogP contribution is 2.25. The summed E-state index contributed by atoms with van der Waals surface area (Å²) in [4.78, 5) is 4.36. The summed E-state index contributed by atoms with van der Waals surface area (Å²) < 4.78 is 6.88. The monoisotopic (exact) mass is 270 g/mol. The Morgan fingerprint density at radius 2 is 2.00 bits per heavy atom. The van der Waals surface area contributed by atoms with Crippen LogP contribution in [0, 0.1) is 0 Å². The Bertz CT molecular complexity index is 651. The lowest BCUT2D eigenvalue weighted by molar-refractivity contribution is 0.333. The molecule has 3 nitrogen and oxygen atoms in total. The number of fused-ring (bicyclic) bond motifs is 1. The second-order valence-electron chi connectivity index (χ2n) is 4.08. The van der Waals surface area contributed by atoms with Gasteiger partial charge in [0.25, 0.3) is 0 Å². The summed E-state index contributed by atoms with van der Waals surface area (Å²) in [6.45, 7) is 1.35. The van der Waals surface area contributed by atoms with Crippen LogP contribution in [0.2, 0.25) is 0 Å². The summed E-state index contributed by atoms with van der Waals surface area (Å²) in [5, 5.41) is 6.57. The Morgan fingerprint density at radius 3 is 2.89 bits per heavy atom. The van der Waals surface area contributed by atoms with Crippen LogP contribution in [-0.2, 0) is 0 Å². The standard InChI is InChI=1S/C15H14N2OS/c1-2-4-12(5-3-1)18-10-9-17-15-13-7-11-19-14(13)6-8-16-15/h1-8,11H,9-10H2,(H,16,17). The summed E-state index contributed by atoms with van der Waals surface area (Å²) in [5.41, 5.74) is 0. The molecule has 0 atom stereocenters. The second kappa shape index (κ2) is 5.71. The van der Waals surface area contributed by atoms with Crippen molar-refractivity contribution in [3.05, 3.63) is 54.0 Å². The zero-order valence-electron chi connectivity index (χ0n) is 10.4. The molecule has 0 radical (unpaired) electrons. The van der Waals surface area contributed by atoms with Crippen molar-refractivity contribution in [3.63, 3.8) is 0 Å². The van der Waals surface area contributed by atoms with Crippen LogP contribution in [-0.4, -0.2) is 18.1 Å². The number of hydrogen-bond donors (Lipinski definition) is 1. The maximum atomic E-state index is 5.63. The molecule has 0 bridgehead atoms. The summed E-state index contributed by atoms with van der Waals surface area (Å²) in [6, 6.07) is 14.0. The first-order valence-corrected chi connectivity index (χ1v) is 7.05. The number of benzene rings is 1. The summed E-state index contributed by atoms with van der Waals surface area (Å²) in [6.07, 6.45) is 1.83. The minimum Gasteiger partial charge on any atom is -0.492 e. The molecular weight excluding hydrogens is 256 g/mol. The summed E-state index contributed by atoms with van der Waals surface area (Å²) in [7, 11) is 0. The fraction of sp³-hybridized carbons (Fsp3) is 0.133. The minimum absolute atomic E-state index is 0.617. The average molecular weight is 270 g/mol. The van der Waals surface area contributed by atoms with Gasteiger partial charge in [-0.05, 0) is 29.6 Å². The minimum atomic E-state index is 0.617. The van der Waals surface area contributed by atoms with Gasteiger partial charge in [0.1, 0.15) is 18.2 Å². The van der Waals surface area contributed by atoms with E-state index in [2.05, 4.69) is 21.7 Å². The van der Waals surface area contributed by atoms with Crippen LogP contribution in [0.1, 0.15) is 0 Å². The van der Waals surface area contributed by atoms with E-state index in [1.165, 1.54) is 10.1 Å². The molecule has 0 spiro atoms. The quantitative estimate of drug-likeness (QED) is 0.716. The lowest BCUT2D eigenvalue weighted by atomic mass is 10.3. The molecule has 0 unspecified atom stereocenters. The van der Waals surface area contributed by atoms with E-state index in [-0.39, 0.29) is 0 Å². The summed E-state index contributed by atoms with van der Waals surface area (Å²) in [5.74, 6) is 1.82. The van der Waals surface area contributed by atoms with Crippen molar-refractivity contribution in [1.29, 1.82) is 0 Å². The Balaban J connectivity index is 1.57. The first kappa shape index (κ1) is 12.0. The number of nitrogens with one attached hydrogen (secondary N) is 1. The molecule has 0 amide bonds. The Kier molecular flexibility index (Phi) is 3.61. The van der Waals surface area contributed by atoms with Crippen LogP contribution in [0.4, 0.5) is 5.82 Å². The van der Waals surface area contributed by atoms with Crippen LogP contribution >= 0.6 is 11.3 Å². The highest BCUT2D eigenvalue weighted by atomic mass is 32.1. The van der Waals surface area contributed by atoms with Crippen molar-refractivity contribution in [2.45, 2.75) is 0 Å². The van der Waals surface area contributed by atoms with Crippen LogP contribution in [0.5, 0.6) is 5.75 Å². The first-order chi connectivity index (χ1) is 9.43. The molecule has 3 aromatic rings. The van der Waals surface area contributed by atoms with Crippen molar-refractivity contribution >= 4 is 27.2 Å². The number of aromatic nitrogens is 1. The predicted octanol–water partition coefficient (Wildman–Crippen LogP) is 3.79. The van der Waals surface area contributed by atoms with E-state index >= 15 is 0 Å². The van der Waals surface area contributed by atoms with Gasteiger partial charge in [-0.15, -0.1) is 11.3 Å². The van der Waals surface area contributed by atoms with E-state index in [4.69, 9.17) is 4.74 Å². The molecule has 1 N–H and O–H groups in total. The van der Waals surface area contributed by atoms with Gasteiger partial charge in [0.2, 0.25) is 0 Å². The number of thiophene rings is 1. The Hall–Kier alpha value is -2.07. The summed E-state index contributed by atoms with van der Waals surface area (Å²) >= 11 is 1.73. The zero-order valence-corrected chi connectivity index (χ0v) is 11.2. The van der Waals surface area contributed by atoms with E-state index in [1.807, 2.05) is 42.6 Å². The number of nitrogens with zero attached hydrogens (tertiary/aromatic N) is 1. The van der Waals surface area contributed by atoms with E-state index < -0.39 is 0 Å². The average Bonchev–Trinajstić information content (AvgIpc) is 2.94. The Morgan fingerprint density at radius 1 is 1.11 bits per heavy atom. The van der Waals surface area contributed by atoms with Crippen LogP contribution in [0.15, 0.2) is 54.0 Å². The van der Waals surface area contributed by atoms with Crippen LogP contribution in [0.25, 0.3) is 10.1 Å². The number of para-hydroxylation sites is 1. The molecule has 4 heteroatoms. The lowest BCUT2D eigenvalue weighted by Crippen LogP contribution is -2.12. The van der Waals surface area contributed by atoms with Gasteiger partial charge in [-0.25, -0.2) is 4.98 Å². The van der Waals surface area contributed by atoms with Crippen molar-refractivity contribution < 1.29 is 4.74 Å². The van der Waals surface area contributed by atoms with Gasteiger partial charge in [0.05, 0.1) is 6.54 Å². The smallest absolute Gasteiger partial charge is 0.134 e. The van der Waals surface area contributed by atoms with Gasteiger partial charge in [0.15, 0.2) is 0 Å². The molecule has 3 rings (SSSR count). The number of anilines is 1. The molecule has 2 heterocycles. The van der Waals surface area contributed by atoms with E-state index in [1.54, 1.807) is 11.3 Å². The second-order valence-corrected chi connectivity index (χ2v) is 5.03. The number of hydrogen-bond acceptors (Lipinski definition) is 4. The molecule has 96 valence electrons. The Labute approximate surface area is 115 Å². The van der Waals surface area contributed by atoms with Crippen molar-refractivity contribution in [2.75, 3.05) is 18.5 Å². The van der Waals surface area contributed by atoms with Gasteiger partial charge in [-0.2, -0.15) is 0 Å². The lowest BCUT2D eigenvalue weighted by Gasteiger charge is -2.08. The molecule has 0 aliphatic rings. The van der Waals surface area contributed by atoms with Gasteiger partial charge >= 0.3 is 0 Å². The molecule has 0 aliphatic heterocycles.